The highest BCUT2D eigenvalue weighted by molar-refractivity contribution is 5.65. The Balaban J connectivity index is 3.01. The Morgan fingerprint density at radius 3 is 2.63 bits per heavy atom. The summed E-state index contributed by atoms with van der Waals surface area (Å²) in [4.78, 5) is 4.92. The zero-order chi connectivity index (χ0) is 22.2. The van der Waals surface area contributed by atoms with Crippen molar-refractivity contribution >= 4 is 6.21 Å². The third-order valence-electron chi connectivity index (χ3n) is 5.58. The lowest BCUT2D eigenvalue weighted by molar-refractivity contribution is 0.545. The lowest BCUT2D eigenvalue weighted by Gasteiger charge is -2.17. The number of nitrogens with one attached hydrogen (secondary N) is 1. The van der Waals surface area contributed by atoms with Gasteiger partial charge in [-0.1, -0.05) is 56.4 Å². The van der Waals surface area contributed by atoms with Gasteiger partial charge in [0.25, 0.3) is 0 Å². The molecular formula is C27H43N3. The Morgan fingerprint density at radius 1 is 1.27 bits per heavy atom. The lowest BCUT2D eigenvalue weighted by Crippen LogP contribution is -2.22. The van der Waals surface area contributed by atoms with E-state index in [0.717, 1.165) is 62.9 Å². The van der Waals surface area contributed by atoms with Gasteiger partial charge in [-0.05, 0) is 81.8 Å². The Kier molecular flexibility index (Phi) is 13.7. The molecule has 1 rings (SSSR count). The molecule has 0 fully saturated rings. The maximum Gasteiger partial charge on any atom is 0.0433 e. The first-order valence-electron chi connectivity index (χ1n) is 11.6. The highest BCUT2D eigenvalue weighted by Gasteiger charge is 2.12. The molecule has 0 radical (unpaired) electrons. The van der Waals surface area contributed by atoms with E-state index in [4.69, 9.17) is 10.7 Å². The molecule has 0 amide bonds. The molecule has 0 aromatic heterocycles. The van der Waals surface area contributed by atoms with E-state index in [2.05, 4.69) is 76.0 Å². The number of aliphatic imine (C=N–C) groups is 1. The van der Waals surface area contributed by atoms with Crippen LogP contribution < -0.4 is 11.1 Å². The average molecular weight is 410 g/mol. The van der Waals surface area contributed by atoms with Crippen LogP contribution in [0.15, 0.2) is 76.0 Å². The zero-order valence-corrected chi connectivity index (χ0v) is 19.7. The summed E-state index contributed by atoms with van der Waals surface area (Å²) in [6.45, 7) is 15.5. The smallest absolute Gasteiger partial charge is 0.0433 e. The summed E-state index contributed by atoms with van der Waals surface area (Å²) in [6, 6.07) is 0. The van der Waals surface area contributed by atoms with E-state index in [0.29, 0.717) is 12.5 Å². The van der Waals surface area contributed by atoms with Gasteiger partial charge in [0.1, 0.15) is 0 Å². The van der Waals surface area contributed by atoms with Crippen LogP contribution in [0.25, 0.3) is 0 Å². The number of nitrogens with two attached hydrogens (primary N) is 1. The summed E-state index contributed by atoms with van der Waals surface area (Å²) in [5.74, 6) is 0.391. The highest BCUT2D eigenvalue weighted by Crippen LogP contribution is 2.24. The van der Waals surface area contributed by atoms with Gasteiger partial charge < -0.3 is 11.1 Å². The van der Waals surface area contributed by atoms with Crippen LogP contribution in [-0.4, -0.2) is 25.8 Å². The van der Waals surface area contributed by atoms with Crippen LogP contribution >= 0.6 is 0 Å². The van der Waals surface area contributed by atoms with Crippen LogP contribution in [0.4, 0.5) is 0 Å². The van der Waals surface area contributed by atoms with Crippen LogP contribution in [0, 0.1) is 5.92 Å². The predicted molar refractivity (Wildman–Crippen MR) is 135 cm³/mol. The molecule has 0 aliphatic carbocycles. The predicted octanol–water partition coefficient (Wildman–Crippen LogP) is 6.43. The molecule has 3 heteroatoms. The van der Waals surface area contributed by atoms with Crippen molar-refractivity contribution in [2.24, 2.45) is 16.6 Å². The third kappa shape index (κ3) is 9.69. The summed E-state index contributed by atoms with van der Waals surface area (Å²) in [7, 11) is 0. The van der Waals surface area contributed by atoms with Crippen LogP contribution in [0.2, 0.25) is 0 Å². The van der Waals surface area contributed by atoms with Gasteiger partial charge in [-0.3, -0.25) is 4.99 Å². The summed E-state index contributed by atoms with van der Waals surface area (Å²) in [6.07, 6.45) is 21.2. The molecule has 1 aliphatic heterocycles. The van der Waals surface area contributed by atoms with Gasteiger partial charge in [-0.2, -0.15) is 0 Å². The van der Waals surface area contributed by atoms with Crippen molar-refractivity contribution in [3.63, 3.8) is 0 Å². The normalized spacial score (nSPS) is 17.6. The first kappa shape index (κ1) is 26.1. The number of nitrogens with zero attached hydrogens (tertiary/aromatic N) is 1. The number of rotatable bonds is 13. The fourth-order valence-corrected chi connectivity index (χ4v) is 3.57. The van der Waals surface area contributed by atoms with Crippen LogP contribution in [0.3, 0.4) is 0 Å². The first-order valence-corrected chi connectivity index (χ1v) is 11.6. The third-order valence-corrected chi connectivity index (χ3v) is 5.58. The molecule has 0 spiro atoms. The molecule has 0 saturated carbocycles. The van der Waals surface area contributed by atoms with Crippen LogP contribution in [0.1, 0.15) is 66.2 Å². The van der Waals surface area contributed by atoms with Crippen molar-refractivity contribution in [2.75, 3.05) is 19.6 Å². The van der Waals surface area contributed by atoms with E-state index in [9.17, 15) is 0 Å². The summed E-state index contributed by atoms with van der Waals surface area (Å²) in [5.41, 5.74) is 12.2. The summed E-state index contributed by atoms with van der Waals surface area (Å²) in [5, 5.41) is 3.41. The average Bonchev–Trinajstić information content (AvgIpc) is 2.78. The second kappa shape index (κ2) is 15.8. The minimum atomic E-state index is 0.391. The van der Waals surface area contributed by atoms with Crippen molar-refractivity contribution in [3.05, 3.63) is 71.0 Å². The van der Waals surface area contributed by atoms with E-state index >= 15 is 0 Å². The lowest BCUT2D eigenvalue weighted by atomic mass is 9.95. The van der Waals surface area contributed by atoms with Gasteiger partial charge in [0.15, 0.2) is 0 Å². The number of allylic oxidation sites excluding steroid dienone is 8. The molecule has 0 bridgehead atoms. The molecule has 3 nitrogen and oxygen atoms in total. The molecule has 0 aromatic rings. The fourth-order valence-electron chi connectivity index (χ4n) is 3.57. The SMILES string of the molecule is C=C(CC=N/C(=C\C(=C\CC(=C/C)/C=C/C)CC)C(CC)CCN)C1=CCCNC1. The molecule has 0 saturated heterocycles. The molecular weight excluding hydrogens is 366 g/mol. The molecule has 3 N–H and O–H groups in total. The quantitative estimate of drug-likeness (QED) is 0.272. The van der Waals surface area contributed by atoms with Crippen molar-refractivity contribution in [3.8, 4) is 0 Å². The van der Waals surface area contributed by atoms with Gasteiger partial charge in [-0.25, -0.2) is 0 Å². The van der Waals surface area contributed by atoms with E-state index in [1.54, 1.807) is 0 Å². The molecule has 1 unspecified atom stereocenters. The summed E-state index contributed by atoms with van der Waals surface area (Å²) >= 11 is 0. The van der Waals surface area contributed by atoms with Crippen molar-refractivity contribution < 1.29 is 0 Å². The Morgan fingerprint density at radius 2 is 2.07 bits per heavy atom. The number of hydrogen-bond acceptors (Lipinski definition) is 3. The van der Waals surface area contributed by atoms with Gasteiger partial charge in [0, 0.05) is 30.8 Å². The molecule has 0 aromatic carbocycles. The zero-order valence-electron chi connectivity index (χ0n) is 19.7. The molecule has 1 aliphatic rings. The van der Waals surface area contributed by atoms with Gasteiger partial charge in [-0.15, -0.1) is 0 Å². The maximum absolute atomic E-state index is 5.89. The largest absolute Gasteiger partial charge is 0.330 e. The minimum Gasteiger partial charge on any atom is -0.330 e. The van der Waals surface area contributed by atoms with Gasteiger partial charge in [0.2, 0.25) is 0 Å². The molecule has 166 valence electrons. The Bertz CT molecular complexity index is 702. The standard InChI is InChI=1S/C27H43N3/c1-6-11-23(7-2)13-14-24(8-3)20-27(25(9-4)15-17-28)30-19-16-22(5)26-12-10-18-29-21-26/h6-7,11-12,14,19-20,25,29H,5,8-10,13,15-18,21,28H2,1-4H3/b11-6+,23-7+,24-14+,27-20-,30-19?. The van der Waals surface area contributed by atoms with E-state index in [1.165, 1.54) is 16.7 Å². The topological polar surface area (TPSA) is 50.4 Å². The van der Waals surface area contributed by atoms with Crippen LogP contribution in [-0.2, 0) is 0 Å². The summed E-state index contributed by atoms with van der Waals surface area (Å²) < 4.78 is 0. The Labute approximate surface area is 185 Å². The van der Waals surface area contributed by atoms with Crippen molar-refractivity contribution in [2.45, 2.75) is 66.2 Å². The molecule has 1 atom stereocenters. The minimum absolute atomic E-state index is 0.391. The Hall–Kier alpha value is -1.97. The van der Waals surface area contributed by atoms with Crippen molar-refractivity contribution in [1.82, 2.24) is 5.32 Å². The van der Waals surface area contributed by atoms with E-state index in [1.807, 2.05) is 6.21 Å². The van der Waals surface area contributed by atoms with Crippen LogP contribution in [0.5, 0.6) is 0 Å². The van der Waals surface area contributed by atoms with E-state index < -0.39 is 0 Å². The van der Waals surface area contributed by atoms with Gasteiger partial charge in [0.05, 0.1) is 0 Å². The van der Waals surface area contributed by atoms with Gasteiger partial charge >= 0.3 is 0 Å². The maximum atomic E-state index is 5.89. The molecule has 1 heterocycles. The number of hydrogen-bond donors (Lipinski definition) is 2. The van der Waals surface area contributed by atoms with E-state index in [-0.39, 0.29) is 0 Å². The second-order valence-corrected chi connectivity index (χ2v) is 7.77. The second-order valence-electron chi connectivity index (χ2n) is 7.77. The highest BCUT2D eigenvalue weighted by atomic mass is 14.9. The fraction of sp³-hybridized carbons (Fsp3) is 0.519. The first-order chi connectivity index (χ1) is 14.6. The molecule has 30 heavy (non-hydrogen) atoms. The van der Waals surface area contributed by atoms with Crippen molar-refractivity contribution in [1.29, 1.82) is 0 Å². The monoisotopic (exact) mass is 409 g/mol.